The molecule has 2 aliphatic heterocycles. The topological polar surface area (TPSA) is 35.8 Å². The lowest BCUT2D eigenvalue weighted by atomic mass is 10.0. The Kier molecular flexibility index (Phi) is 3.28. The number of nitrogens with zero attached hydrogens (tertiary/aromatic N) is 2. The zero-order valence-electron chi connectivity index (χ0n) is 11.8. The summed E-state index contributed by atoms with van der Waals surface area (Å²) in [6.07, 6.45) is 0.703. The second-order valence-electron chi connectivity index (χ2n) is 5.24. The Morgan fingerprint density at radius 1 is 1.38 bits per heavy atom. The van der Waals surface area contributed by atoms with Crippen molar-refractivity contribution in [2.45, 2.75) is 13.3 Å². The molecule has 1 N–H and O–H groups in total. The second-order valence-corrected chi connectivity index (χ2v) is 7.59. The smallest absolute Gasteiger partial charge is 0.168 e. The highest BCUT2D eigenvalue weighted by molar-refractivity contribution is 8.17. The minimum atomic E-state index is 0.186. The van der Waals surface area contributed by atoms with Crippen LogP contribution in [0.3, 0.4) is 0 Å². The average molecular weight is 316 g/mol. The lowest BCUT2D eigenvalue weighted by Crippen LogP contribution is -2.20. The number of aliphatic hydroxyl groups excluding tert-OH is 1. The summed E-state index contributed by atoms with van der Waals surface area (Å²) >= 11 is 3.56. The van der Waals surface area contributed by atoms with E-state index in [-0.39, 0.29) is 6.61 Å². The standard InChI is InChI=1S/C16H16N2OS2/c1-10-9-12-11(3-2-4-13(12)20-10)15-14(5-8-19)21-16-17-6-7-18(15)16/h2-4,9,19H,5-8H2,1H3. The molecule has 0 radical (unpaired) electrons. The molecule has 3 nitrogen and oxygen atoms in total. The number of hydrogen-bond donors (Lipinski definition) is 1. The fourth-order valence-electron chi connectivity index (χ4n) is 2.99. The van der Waals surface area contributed by atoms with Gasteiger partial charge in [0, 0.05) is 45.0 Å². The van der Waals surface area contributed by atoms with Crippen LogP contribution in [0.1, 0.15) is 16.9 Å². The maximum atomic E-state index is 9.37. The van der Waals surface area contributed by atoms with Crippen LogP contribution in [0.4, 0.5) is 0 Å². The van der Waals surface area contributed by atoms with Crippen LogP contribution in [0, 0.1) is 6.92 Å². The Hall–Kier alpha value is -1.30. The third-order valence-corrected chi connectivity index (χ3v) is 6.02. The van der Waals surface area contributed by atoms with E-state index in [0.29, 0.717) is 6.42 Å². The molecule has 21 heavy (non-hydrogen) atoms. The number of thioether (sulfide) groups is 1. The Morgan fingerprint density at radius 2 is 2.29 bits per heavy atom. The first-order valence-electron chi connectivity index (χ1n) is 7.11. The highest BCUT2D eigenvalue weighted by atomic mass is 32.2. The van der Waals surface area contributed by atoms with Crippen molar-refractivity contribution in [1.82, 2.24) is 4.90 Å². The number of fused-ring (bicyclic) bond motifs is 2. The van der Waals surface area contributed by atoms with Gasteiger partial charge in [-0.3, -0.25) is 4.99 Å². The molecule has 0 saturated heterocycles. The van der Waals surface area contributed by atoms with Crippen molar-refractivity contribution in [3.05, 3.63) is 39.6 Å². The highest BCUT2D eigenvalue weighted by Gasteiger charge is 2.33. The van der Waals surface area contributed by atoms with Gasteiger partial charge in [-0.1, -0.05) is 23.9 Å². The van der Waals surface area contributed by atoms with Crippen molar-refractivity contribution in [3.8, 4) is 0 Å². The zero-order chi connectivity index (χ0) is 14.4. The van der Waals surface area contributed by atoms with E-state index >= 15 is 0 Å². The van der Waals surface area contributed by atoms with Gasteiger partial charge in [0.2, 0.25) is 0 Å². The predicted octanol–water partition coefficient (Wildman–Crippen LogP) is 3.68. The van der Waals surface area contributed by atoms with E-state index in [1.807, 2.05) is 11.3 Å². The normalized spacial score (nSPS) is 17.8. The second kappa shape index (κ2) is 5.16. The molecule has 0 bridgehead atoms. The van der Waals surface area contributed by atoms with Crippen molar-refractivity contribution in [1.29, 1.82) is 0 Å². The summed E-state index contributed by atoms with van der Waals surface area (Å²) in [5, 5.41) is 11.8. The molecule has 0 aliphatic carbocycles. The summed E-state index contributed by atoms with van der Waals surface area (Å²) in [7, 11) is 0. The summed E-state index contributed by atoms with van der Waals surface area (Å²) in [6, 6.07) is 8.79. The molecule has 1 aromatic carbocycles. The van der Waals surface area contributed by atoms with E-state index in [4.69, 9.17) is 0 Å². The van der Waals surface area contributed by atoms with Gasteiger partial charge in [0.05, 0.1) is 12.2 Å². The fraction of sp³-hybridized carbons (Fsp3) is 0.312. The van der Waals surface area contributed by atoms with Crippen molar-refractivity contribution >= 4 is 44.0 Å². The quantitative estimate of drug-likeness (QED) is 0.938. The third kappa shape index (κ3) is 2.11. The van der Waals surface area contributed by atoms with Gasteiger partial charge in [-0.05, 0) is 19.1 Å². The minimum Gasteiger partial charge on any atom is -0.396 e. The molecule has 0 spiro atoms. The van der Waals surface area contributed by atoms with Crippen LogP contribution in [0.2, 0.25) is 0 Å². The first-order chi connectivity index (χ1) is 10.3. The molecular weight excluding hydrogens is 300 g/mol. The van der Waals surface area contributed by atoms with Crippen LogP contribution in [0.5, 0.6) is 0 Å². The average Bonchev–Trinajstić information content (AvgIpc) is 3.11. The molecule has 0 amide bonds. The molecule has 4 rings (SSSR count). The Morgan fingerprint density at radius 3 is 3.14 bits per heavy atom. The van der Waals surface area contributed by atoms with Crippen LogP contribution < -0.4 is 0 Å². The van der Waals surface area contributed by atoms with E-state index in [1.165, 1.54) is 31.1 Å². The van der Waals surface area contributed by atoms with Gasteiger partial charge in [0.1, 0.15) is 0 Å². The molecule has 0 saturated carbocycles. The third-order valence-electron chi connectivity index (χ3n) is 3.83. The van der Waals surface area contributed by atoms with Gasteiger partial charge in [0.25, 0.3) is 0 Å². The van der Waals surface area contributed by atoms with Gasteiger partial charge >= 0.3 is 0 Å². The Labute approximate surface area is 132 Å². The molecule has 0 fully saturated rings. The Bertz CT molecular complexity index is 776. The number of aryl methyl sites for hydroxylation is 1. The Balaban J connectivity index is 1.92. The molecule has 0 atom stereocenters. The molecule has 2 aliphatic rings. The van der Waals surface area contributed by atoms with Gasteiger partial charge in [-0.2, -0.15) is 0 Å². The summed E-state index contributed by atoms with van der Waals surface area (Å²) in [5.74, 6) is 0. The monoisotopic (exact) mass is 316 g/mol. The van der Waals surface area contributed by atoms with Gasteiger partial charge in [-0.25, -0.2) is 0 Å². The summed E-state index contributed by atoms with van der Waals surface area (Å²) in [5.41, 5.74) is 2.54. The largest absolute Gasteiger partial charge is 0.396 e. The SMILES string of the molecule is Cc1cc2c(C3=C(CCO)SC4=NCCN43)cccc2s1. The zero-order valence-corrected chi connectivity index (χ0v) is 13.4. The number of amidine groups is 1. The lowest BCUT2D eigenvalue weighted by molar-refractivity contribution is 0.301. The van der Waals surface area contributed by atoms with E-state index < -0.39 is 0 Å². The molecule has 108 valence electrons. The van der Waals surface area contributed by atoms with Crippen LogP contribution in [-0.2, 0) is 0 Å². The van der Waals surface area contributed by atoms with Crippen LogP contribution in [-0.4, -0.2) is 34.9 Å². The minimum absolute atomic E-state index is 0.186. The maximum Gasteiger partial charge on any atom is 0.168 e. The van der Waals surface area contributed by atoms with Crippen molar-refractivity contribution in [3.63, 3.8) is 0 Å². The fourth-order valence-corrected chi connectivity index (χ4v) is 5.12. The molecule has 5 heteroatoms. The first-order valence-corrected chi connectivity index (χ1v) is 8.74. The number of benzene rings is 1. The summed E-state index contributed by atoms with van der Waals surface area (Å²) in [6.45, 7) is 4.16. The first kappa shape index (κ1) is 13.4. The number of rotatable bonds is 3. The van der Waals surface area contributed by atoms with Gasteiger partial charge in [-0.15, -0.1) is 11.3 Å². The van der Waals surface area contributed by atoms with Gasteiger partial charge in [0.15, 0.2) is 5.17 Å². The molecular formula is C16H16N2OS2. The number of thiophene rings is 1. The van der Waals surface area contributed by atoms with Crippen LogP contribution in [0.25, 0.3) is 15.8 Å². The van der Waals surface area contributed by atoms with E-state index in [9.17, 15) is 5.11 Å². The van der Waals surface area contributed by atoms with Crippen LogP contribution >= 0.6 is 23.1 Å². The summed E-state index contributed by atoms with van der Waals surface area (Å²) < 4.78 is 1.33. The van der Waals surface area contributed by atoms with Crippen molar-refractivity contribution in [2.24, 2.45) is 4.99 Å². The number of hydrogen-bond acceptors (Lipinski definition) is 5. The molecule has 0 unspecified atom stereocenters. The number of aliphatic hydroxyl groups is 1. The van der Waals surface area contributed by atoms with E-state index in [0.717, 1.165) is 18.3 Å². The van der Waals surface area contributed by atoms with Crippen molar-refractivity contribution in [2.75, 3.05) is 19.7 Å². The van der Waals surface area contributed by atoms with Crippen LogP contribution in [0.15, 0.2) is 34.2 Å². The molecule has 3 heterocycles. The van der Waals surface area contributed by atoms with Gasteiger partial charge < -0.3 is 10.0 Å². The predicted molar refractivity (Wildman–Crippen MR) is 91.8 cm³/mol. The number of aliphatic imine (C=N–C) groups is 1. The summed E-state index contributed by atoms with van der Waals surface area (Å²) in [4.78, 5) is 9.47. The maximum absolute atomic E-state index is 9.37. The van der Waals surface area contributed by atoms with E-state index in [2.05, 4.69) is 41.1 Å². The highest BCUT2D eigenvalue weighted by Crippen LogP contribution is 2.45. The molecule has 2 aromatic rings. The van der Waals surface area contributed by atoms with E-state index in [1.54, 1.807) is 11.8 Å². The lowest BCUT2D eigenvalue weighted by Gasteiger charge is -2.18. The molecule has 1 aromatic heterocycles. The van der Waals surface area contributed by atoms with Crippen molar-refractivity contribution < 1.29 is 5.11 Å².